The highest BCUT2D eigenvalue weighted by molar-refractivity contribution is 9.10. The van der Waals surface area contributed by atoms with Crippen molar-refractivity contribution in [3.05, 3.63) is 48.8 Å². The van der Waals surface area contributed by atoms with E-state index >= 15 is 0 Å². The van der Waals surface area contributed by atoms with Gasteiger partial charge in [0.05, 0.1) is 11.7 Å². The van der Waals surface area contributed by atoms with Gasteiger partial charge in [-0.15, -0.1) is 11.3 Å². The number of nitrogens with one attached hydrogen (secondary N) is 1. The van der Waals surface area contributed by atoms with Crippen LogP contribution >= 0.6 is 38.9 Å². The lowest BCUT2D eigenvalue weighted by atomic mass is 10.1. The minimum Gasteiger partial charge on any atom is -0.302 e. The van der Waals surface area contributed by atoms with Crippen LogP contribution in [0.25, 0.3) is 0 Å². The predicted octanol–water partition coefficient (Wildman–Crippen LogP) is 5.14. The Bertz CT molecular complexity index is 632. The zero-order valence-electron chi connectivity index (χ0n) is 12.1. The molecular formula is C16H18BrClN2S. The van der Waals surface area contributed by atoms with E-state index in [4.69, 9.17) is 16.6 Å². The van der Waals surface area contributed by atoms with Crippen molar-refractivity contribution in [3.8, 4) is 0 Å². The van der Waals surface area contributed by atoms with Gasteiger partial charge >= 0.3 is 0 Å². The monoisotopic (exact) mass is 384 g/mol. The average Bonchev–Trinajstić information content (AvgIpc) is 2.96. The van der Waals surface area contributed by atoms with Crippen molar-refractivity contribution in [2.45, 2.75) is 45.2 Å². The Morgan fingerprint density at radius 2 is 2.14 bits per heavy atom. The normalized spacial score (nSPS) is 15.5. The lowest BCUT2D eigenvalue weighted by molar-refractivity contribution is 0.525. The van der Waals surface area contributed by atoms with E-state index in [9.17, 15) is 0 Å². The highest BCUT2D eigenvalue weighted by Gasteiger charge is 2.25. The van der Waals surface area contributed by atoms with Crippen LogP contribution in [0.15, 0.2) is 22.7 Å². The fraction of sp³-hybridized carbons (Fsp3) is 0.438. The Kier molecular flexibility index (Phi) is 4.69. The molecule has 0 saturated heterocycles. The van der Waals surface area contributed by atoms with Crippen molar-refractivity contribution >= 4 is 38.9 Å². The zero-order chi connectivity index (χ0) is 15.0. The minimum absolute atomic E-state index is 0.118. The molecule has 1 aromatic heterocycles. The van der Waals surface area contributed by atoms with E-state index < -0.39 is 0 Å². The van der Waals surface area contributed by atoms with Crippen LogP contribution in [-0.2, 0) is 12.8 Å². The molecule has 0 radical (unpaired) electrons. The van der Waals surface area contributed by atoms with E-state index in [-0.39, 0.29) is 6.04 Å². The number of benzene rings is 1. The molecular weight excluding hydrogens is 368 g/mol. The second-order valence-corrected chi connectivity index (χ2v) is 8.10. The largest absolute Gasteiger partial charge is 0.302 e. The Labute approximate surface area is 143 Å². The molecule has 1 heterocycles. The standard InChI is InChI=1S/C16H18BrClN2S/c1-9(2)19-15(11-7-6-10(18)8-12(11)17)16-20-13-4-3-5-14(13)21-16/h6-9,15,19H,3-5H2,1-2H3. The van der Waals surface area contributed by atoms with Gasteiger partial charge in [-0.2, -0.15) is 0 Å². The van der Waals surface area contributed by atoms with E-state index in [1.807, 2.05) is 23.5 Å². The molecule has 5 heteroatoms. The molecule has 3 rings (SSSR count). The molecule has 1 aliphatic carbocycles. The van der Waals surface area contributed by atoms with Crippen molar-refractivity contribution in [2.75, 3.05) is 0 Å². The maximum absolute atomic E-state index is 6.07. The van der Waals surface area contributed by atoms with E-state index in [1.165, 1.54) is 29.0 Å². The lowest BCUT2D eigenvalue weighted by Gasteiger charge is -2.21. The number of rotatable bonds is 4. The lowest BCUT2D eigenvalue weighted by Crippen LogP contribution is -2.29. The van der Waals surface area contributed by atoms with Gasteiger partial charge in [0.15, 0.2) is 0 Å². The summed E-state index contributed by atoms with van der Waals surface area (Å²) in [5, 5.41) is 5.55. The van der Waals surface area contributed by atoms with Gasteiger partial charge in [0.25, 0.3) is 0 Å². The van der Waals surface area contributed by atoms with Crippen LogP contribution in [0.5, 0.6) is 0 Å². The van der Waals surface area contributed by atoms with E-state index in [1.54, 1.807) is 0 Å². The van der Waals surface area contributed by atoms with E-state index in [0.717, 1.165) is 20.9 Å². The first-order valence-electron chi connectivity index (χ1n) is 7.24. The summed E-state index contributed by atoms with van der Waals surface area (Å²) in [7, 11) is 0. The Morgan fingerprint density at radius 3 is 2.81 bits per heavy atom. The number of aryl methyl sites for hydroxylation is 2. The Balaban J connectivity index is 2.00. The smallest absolute Gasteiger partial charge is 0.115 e. The number of fused-ring (bicyclic) bond motifs is 1. The maximum atomic E-state index is 6.07. The number of halogens is 2. The molecule has 0 saturated carbocycles. The molecule has 0 bridgehead atoms. The fourth-order valence-corrected chi connectivity index (χ4v) is 4.84. The number of aromatic nitrogens is 1. The van der Waals surface area contributed by atoms with Crippen LogP contribution in [0.3, 0.4) is 0 Å². The van der Waals surface area contributed by atoms with Gasteiger partial charge in [-0.05, 0) is 50.8 Å². The van der Waals surface area contributed by atoms with E-state index in [0.29, 0.717) is 6.04 Å². The van der Waals surface area contributed by atoms with Crippen LogP contribution in [-0.4, -0.2) is 11.0 Å². The van der Waals surface area contributed by atoms with Crippen molar-refractivity contribution in [1.29, 1.82) is 0 Å². The van der Waals surface area contributed by atoms with Crippen molar-refractivity contribution in [1.82, 2.24) is 10.3 Å². The summed E-state index contributed by atoms with van der Waals surface area (Å²) in [4.78, 5) is 6.35. The number of hydrogen-bond donors (Lipinski definition) is 1. The van der Waals surface area contributed by atoms with Crippen LogP contribution in [0, 0.1) is 0 Å². The molecule has 0 fully saturated rings. The molecule has 0 spiro atoms. The van der Waals surface area contributed by atoms with Crippen LogP contribution < -0.4 is 5.32 Å². The summed E-state index contributed by atoms with van der Waals surface area (Å²) in [6.07, 6.45) is 3.56. The molecule has 1 N–H and O–H groups in total. The predicted molar refractivity (Wildman–Crippen MR) is 93.4 cm³/mol. The first kappa shape index (κ1) is 15.5. The highest BCUT2D eigenvalue weighted by atomic mass is 79.9. The van der Waals surface area contributed by atoms with E-state index in [2.05, 4.69) is 41.2 Å². The zero-order valence-corrected chi connectivity index (χ0v) is 15.3. The summed E-state index contributed by atoms with van der Waals surface area (Å²) in [5.74, 6) is 0. The third kappa shape index (κ3) is 3.34. The van der Waals surface area contributed by atoms with Gasteiger partial charge < -0.3 is 5.32 Å². The van der Waals surface area contributed by atoms with Gasteiger partial charge in [-0.1, -0.05) is 33.6 Å². The summed E-state index contributed by atoms with van der Waals surface area (Å²) in [6, 6.07) is 6.48. The fourth-order valence-electron chi connectivity index (χ4n) is 2.70. The van der Waals surface area contributed by atoms with Gasteiger partial charge in [-0.3, -0.25) is 0 Å². The molecule has 1 atom stereocenters. The first-order chi connectivity index (χ1) is 10.0. The van der Waals surface area contributed by atoms with Gasteiger partial charge in [0.2, 0.25) is 0 Å². The molecule has 0 aliphatic heterocycles. The van der Waals surface area contributed by atoms with Gasteiger partial charge in [0, 0.05) is 20.4 Å². The number of hydrogen-bond acceptors (Lipinski definition) is 3. The average molecular weight is 386 g/mol. The van der Waals surface area contributed by atoms with Crippen LogP contribution in [0.2, 0.25) is 5.02 Å². The van der Waals surface area contributed by atoms with Crippen molar-refractivity contribution in [2.24, 2.45) is 0 Å². The molecule has 21 heavy (non-hydrogen) atoms. The molecule has 2 aromatic rings. The molecule has 1 aromatic carbocycles. The summed E-state index contributed by atoms with van der Waals surface area (Å²) in [5.41, 5.74) is 2.50. The molecule has 1 aliphatic rings. The maximum Gasteiger partial charge on any atom is 0.115 e. The Morgan fingerprint density at radius 1 is 1.33 bits per heavy atom. The second kappa shape index (κ2) is 6.37. The summed E-state index contributed by atoms with van der Waals surface area (Å²) < 4.78 is 1.03. The van der Waals surface area contributed by atoms with Crippen molar-refractivity contribution in [3.63, 3.8) is 0 Å². The van der Waals surface area contributed by atoms with Crippen LogP contribution in [0.4, 0.5) is 0 Å². The minimum atomic E-state index is 0.118. The third-order valence-corrected chi connectivity index (χ3v) is 5.78. The summed E-state index contributed by atoms with van der Waals surface area (Å²) >= 11 is 11.6. The molecule has 0 amide bonds. The highest BCUT2D eigenvalue weighted by Crippen LogP contribution is 2.36. The second-order valence-electron chi connectivity index (χ2n) is 5.70. The third-order valence-electron chi connectivity index (χ3n) is 3.63. The Hall–Kier alpha value is -0.420. The quantitative estimate of drug-likeness (QED) is 0.788. The van der Waals surface area contributed by atoms with Gasteiger partial charge in [-0.25, -0.2) is 4.98 Å². The molecule has 112 valence electrons. The van der Waals surface area contributed by atoms with Crippen molar-refractivity contribution < 1.29 is 0 Å². The van der Waals surface area contributed by atoms with Crippen LogP contribution in [0.1, 0.15) is 47.5 Å². The molecule has 2 nitrogen and oxygen atoms in total. The SMILES string of the molecule is CC(C)NC(c1nc2c(s1)CCC2)c1ccc(Cl)cc1Br. The molecule has 1 unspecified atom stereocenters. The van der Waals surface area contributed by atoms with Gasteiger partial charge in [0.1, 0.15) is 5.01 Å². The topological polar surface area (TPSA) is 24.9 Å². The summed E-state index contributed by atoms with van der Waals surface area (Å²) in [6.45, 7) is 4.33. The number of nitrogens with zero attached hydrogens (tertiary/aromatic N) is 1. The number of thiazole rings is 1. The first-order valence-corrected chi connectivity index (χ1v) is 9.23.